The summed E-state index contributed by atoms with van der Waals surface area (Å²) in [7, 11) is 1.66. The molecule has 0 aliphatic carbocycles. The van der Waals surface area contributed by atoms with E-state index in [1.165, 1.54) is 6.07 Å². The monoisotopic (exact) mass is 241 g/mol. The van der Waals surface area contributed by atoms with Crippen molar-refractivity contribution in [1.29, 1.82) is 0 Å². The number of ether oxygens (including phenoxy) is 1. The number of hydrogen-bond acceptors (Lipinski definition) is 3. The van der Waals surface area contributed by atoms with Crippen molar-refractivity contribution in [2.75, 3.05) is 20.3 Å². The van der Waals surface area contributed by atoms with Crippen LogP contribution < -0.4 is 0 Å². The largest absolute Gasteiger partial charge is 0.508 e. The van der Waals surface area contributed by atoms with Crippen LogP contribution in [0, 0.1) is 5.82 Å². The average molecular weight is 241 g/mol. The van der Waals surface area contributed by atoms with Crippen molar-refractivity contribution in [3.63, 3.8) is 0 Å². The van der Waals surface area contributed by atoms with Gasteiger partial charge in [0, 0.05) is 32.3 Å². The van der Waals surface area contributed by atoms with Crippen LogP contribution in [0.4, 0.5) is 4.39 Å². The van der Waals surface area contributed by atoms with E-state index in [0.29, 0.717) is 19.2 Å². The minimum atomic E-state index is -0.407. The molecule has 96 valence electrons. The van der Waals surface area contributed by atoms with E-state index in [1.54, 1.807) is 13.2 Å². The molecule has 0 fully saturated rings. The second-order valence-electron chi connectivity index (χ2n) is 4.37. The van der Waals surface area contributed by atoms with Crippen LogP contribution in [-0.2, 0) is 11.3 Å². The third kappa shape index (κ3) is 4.71. The Morgan fingerprint density at radius 1 is 1.35 bits per heavy atom. The third-order valence-electron chi connectivity index (χ3n) is 2.64. The zero-order chi connectivity index (χ0) is 12.8. The molecule has 1 aromatic rings. The van der Waals surface area contributed by atoms with Crippen LogP contribution >= 0.6 is 0 Å². The molecule has 0 unspecified atom stereocenters. The van der Waals surface area contributed by atoms with E-state index in [2.05, 4.69) is 18.7 Å². The Morgan fingerprint density at radius 2 is 2.06 bits per heavy atom. The van der Waals surface area contributed by atoms with Crippen LogP contribution in [0.15, 0.2) is 18.2 Å². The lowest BCUT2D eigenvalue weighted by molar-refractivity contribution is 0.125. The van der Waals surface area contributed by atoms with Crippen LogP contribution in [0.3, 0.4) is 0 Å². The fourth-order valence-corrected chi connectivity index (χ4v) is 1.69. The minimum Gasteiger partial charge on any atom is -0.508 e. The molecule has 0 spiro atoms. The van der Waals surface area contributed by atoms with Gasteiger partial charge in [-0.15, -0.1) is 0 Å². The zero-order valence-corrected chi connectivity index (χ0v) is 10.6. The number of aromatic hydroxyl groups is 1. The number of hydrogen-bond donors (Lipinski definition) is 1. The Bertz CT molecular complexity index is 335. The molecule has 4 heteroatoms. The summed E-state index contributed by atoms with van der Waals surface area (Å²) in [4.78, 5) is 2.16. The van der Waals surface area contributed by atoms with E-state index in [9.17, 15) is 9.50 Å². The molecule has 0 saturated heterocycles. The van der Waals surface area contributed by atoms with Crippen molar-refractivity contribution in [3.05, 3.63) is 29.6 Å². The predicted molar refractivity (Wildman–Crippen MR) is 65.5 cm³/mol. The summed E-state index contributed by atoms with van der Waals surface area (Å²) >= 11 is 0. The maximum Gasteiger partial charge on any atom is 0.127 e. The summed E-state index contributed by atoms with van der Waals surface area (Å²) in [5, 5.41) is 9.34. The minimum absolute atomic E-state index is 0.0320. The van der Waals surface area contributed by atoms with Gasteiger partial charge >= 0.3 is 0 Å². The molecule has 0 atom stereocenters. The van der Waals surface area contributed by atoms with Crippen LogP contribution in [-0.4, -0.2) is 36.3 Å². The van der Waals surface area contributed by atoms with Gasteiger partial charge in [0.2, 0.25) is 0 Å². The number of methoxy groups -OCH3 is 1. The molecule has 0 bridgehead atoms. The van der Waals surface area contributed by atoms with Crippen molar-refractivity contribution < 1.29 is 14.2 Å². The van der Waals surface area contributed by atoms with Crippen molar-refractivity contribution >= 4 is 0 Å². The van der Waals surface area contributed by atoms with E-state index in [-0.39, 0.29) is 5.75 Å². The first kappa shape index (κ1) is 13.9. The molecule has 0 saturated carbocycles. The average Bonchev–Trinajstić information content (AvgIpc) is 2.22. The Balaban J connectivity index is 2.71. The molecule has 1 aromatic carbocycles. The third-order valence-corrected chi connectivity index (χ3v) is 2.64. The first-order chi connectivity index (χ1) is 8.02. The second kappa shape index (κ2) is 6.57. The highest BCUT2D eigenvalue weighted by Crippen LogP contribution is 2.17. The molecule has 17 heavy (non-hydrogen) atoms. The molecule has 0 amide bonds. The molecule has 0 heterocycles. The number of phenolic OH excluding ortho intramolecular Hbond substituents is 1. The van der Waals surface area contributed by atoms with E-state index >= 15 is 0 Å². The molecule has 1 rings (SSSR count). The number of halogens is 1. The first-order valence-electron chi connectivity index (χ1n) is 5.74. The molecule has 0 radical (unpaired) electrons. The van der Waals surface area contributed by atoms with E-state index in [0.717, 1.165) is 18.2 Å². The van der Waals surface area contributed by atoms with Crippen molar-refractivity contribution in [2.24, 2.45) is 0 Å². The lowest BCUT2D eigenvalue weighted by Gasteiger charge is -2.26. The molecule has 0 aliphatic rings. The standard InChI is InChI=1S/C13H20FNO2/c1-10(2)15(4-5-17-3)9-11-6-12(14)8-13(16)7-11/h6-8,10,16H,4-5,9H2,1-3H3. The van der Waals surface area contributed by atoms with Crippen LogP contribution in [0.2, 0.25) is 0 Å². The Hall–Kier alpha value is -1.13. The normalized spacial score (nSPS) is 11.4. The zero-order valence-electron chi connectivity index (χ0n) is 10.6. The van der Waals surface area contributed by atoms with E-state index < -0.39 is 5.82 Å². The van der Waals surface area contributed by atoms with Crippen LogP contribution in [0.1, 0.15) is 19.4 Å². The smallest absolute Gasteiger partial charge is 0.127 e. The summed E-state index contributed by atoms with van der Waals surface area (Å²) in [5.41, 5.74) is 0.771. The number of rotatable bonds is 6. The summed E-state index contributed by atoms with van der Waals surface area (Å²) < 4.78 is 18.2. The summed E-state index contributed by atoms with van der Waals surface area (Å²) in [6.07, 6.45) is 0. The molecule has 3 nitrogen and oxygen atoms in total. The van der Waals surface area contributed by atoms with E-state index in [1.807, 2.05) is 0 Å². The summed E-state index contributed by atoms with van der Waals surface area (Å²) in [5.74, 6) is -0.439. The number of benzene rings is 1. The number of nitrogens with zero attached hydrogens (tertiary/aromatic N) is 1. The van der Waals surface area contributed by atoms with Gasteiger partial charge in [-0.3, -0.25) is 4.90 Å². The molecular weight excluding hydrogens is 221 g/mol. The van der Waals surface area contributed by atoms with Gasteiger partial charge in [0.1, 0.15) is 11.6 Å². The molecule has 0 aliphatic heterocycles. The quantitative estimate of drug-likeness (QED) is 0.830. The highest BCUT2D eigenvalue weighted by atomic mass is 19.1. The Morgan fingerprint density at radius 3 is 2.59 bits per heavy atom. The first-order valence-corrected chi connectivity index (χ1v) is 5.74. The lowest BCUT2D eigenvalue weighted by Crippen LogP contribution is -2.33. The predicted octanol–water partition coefficient (Wildman–Crippen LogP) is 2.39. The van der Waals surface area contributed by atoms with Gasteiger partial charge in [0.15, 0.2) is 0 Å². The van der Waals surface area contributed by atoms with Crippen molar-refractivity contribution in [3.8, 4) is 5.75 Å². The molecule has 0 aromatic heterocycles. The molecule has 1 N–H and O–H groups in total. The summed E-state index contributed by atoms with van der Waals surface area (Å²) in [6, 6.07) is 4.49. The van der Waals surface area contributed by atoms with Crippen molar-refractivity contribution in [1.82, 2.24) is 4.90 Å². The maximum absolute atomic E-state index is 13.1. The van der Waals surface area contributed by atoms with E-state index in [4.69, 9.17) is 4.74 Å². The van der Waals surface area contributed by atoms with Gasteiger partial charge in [-0.2, -0.15) is 0 Å². The topological polar surface area (TPSA) is 32.7 Å². The van der Waals surface area contributed by atoms with Crippen LogP contribution in [0.5, 0.6) is 5.75 Å². The van der Waals surface area contributed by atoms with Gasteiger partial charge in [0.25, 0.3) is 0 Å². The fourth-order valence-electron chi connectivity index (χ4n) is 1.69. The molecular formula is C13H20FNO2. The van der Waals surface area contributed by atoms with Crippen molar-refractivity contribution in [2.45, 2.75) is 26.4 Å². The van der Waals surface area contributed by atoms with Gasteiger partial charge in [0.05, 0.1) is 6.61 Å². The number of phenols is 1. The van der Waals surface area contributed by atoms with Gasteiger partial charge < -0.3 is 9.84 Å². The summed E-state index contributed by atoms with van der Waals surface area (Å²) in [6.45, 7) is 6.18. The second-order valence-corrected chi connectivity index (χ2v) is 4.37. The SMILES string of the molecule is COCCN(Cc1cc(O)cc(F)c1)C(C)C. The lowest BCUT2D eigenvalue weighted by atomic mass is 10.1. The Kier molecular flexibility index (Phi) is 5.38. The van der Waals surface area contributed by atoms with Gasteiger partial charge in [-0.1, -0.05) is 0 Å². The Labute approximate surface area is 102 Å². The highest BCUT2D eigenvalue weighted by molar-refractivity contribution is 5.28. The highest BCUT2D eigenvalue weighted by Gasteiger charge is 2.11. The fraction of sp³-hybridized carbons (Fsp3) is 0.538. The maximum atomic E-state index is 13.1. The van der Waals surface area contributed by atoms with Gasteiger partial charge in [-0.05, 0) is 31.5 Å². The van der Waals surface area contributed by atoms with Crippen LogP contribution in [0.25, 0.3) is 0 Å². The van der Waals surface area contributed by atoms with Gasteiger partial charge in [-0.25, -0.2) is 4.39 Å².